The molecule has 2 heteroatoms. The summed E-state index contributed by atoms with van der Waals surface area (Å²) in [7, 11) is 0. The van der Waals surface area contributed by atoms with E-state index in [4.69, 9.17) is 10.5 Å². The van der Waals surface area contributed by atoms with Gasteiger partial charge in [-0.3, -0.25) is 0 Å². The molecule has 0 atom stereocenters. The zero-order chi connectivity index (χ0) is 8.97. The fourth-order valence-electron chi connectivity index (χ4n) is 1.02. The lowest BCUT2D eigenvalue weighted by Gasteiger charge is -1.99. The maximum absolute atomic E-state index is 9.15. The van der Waals surface area contributed by atoms with Gasteiger partial charge in [0.05, 0.1) is 0 Å². The highest BCUT2D eigenvalue weighted by Gasteiger charge is 1.96. The van der Waals surface area contributed by atoms with Crippen molar-refractivity contribution in [2.24, 2.45) is 0 Å². The Morgan fingerprint density at radius 3 is 2.67 bits per heavy atom. The van der Waals surface area contributed by atoms with Gasteiger partial charge < -0.3 is 10.5 Å². The molecule has 62 valence electrons. The summed E-state index contributed by atoms with van der Waals surface area (Å²) >= 11 is 0. The van der Waals surface area contributed by atoms with Crippen molar-refractivity contribution in [2.75, 3.05) is 0 Å². The molecular formula is C10H11NO. The van der Waals surface area contributed by atoms with Crippen LogP contribution in [0.2, 0.25) is 0 Å². The van der Waals surface area contributed by atoms with Crippen LogP contribution in [0.4, 0.5) is 0 Å². The zero-order valence-electron chi connectivity index (χ0n) is 6.91. The molecule has 2 N–H and O–H groups in total. The topological polar surface area (TPSA) is 44.1 Å². The van der Waals surface area contributed by atoms with Crippen molar-refractivity contribution in [3.63, 3.8) is 0 Å². The van der Waals surface area contributed by atoms with Crippen LogP contribution in [0.15, 0.2) is 24.3 Å². The molecule has 0 aliphatic rings. The number of phenols is 1. The van der Waals surface area contributed by atoms with Gasteiger partial charge in [-0.2, -0.15) is 0 Å². The van der Waals surface area contributed by atoms with Crippen LogP contribution in [0.1, 0.15) is 18.1 Å². The quantitative estimate of drug-likeness (QED) is 0.643. The van der Waals surface area contributed by atoms with Crippen LogP contribution < -0.4 is 0 Å². The van der Waals surface area contributed by atoms with Gasteiger partial charge in [0.25, 0.3) is 0 Å². The van der Waals surface area contributed by atoms with E-state index in [9.17, 15) is 0 Å². The Morgan fingerprint density at radius 2 is 2.08 bits per heavy atom. The molecule has 0 aliphatic carbocycles. The number of nitrogens with one attached hydrogen (secondary N) is 1. The normalized spacial score (nSPS) is 10.4. The molecule has 0 aromatic heterocycles. The van der Waals surface area contributed by atoms with Gasteiger partial charge in [-0.05, 0) is 36.2 Å². The smallest absolute Gasteiger partial charge is 0.116 e. The SMILES string of the molecule is C/C=C\c1cc(O)ccc1C=N. The van der Waals surface area contributed by atoms with Crippen LogP contribution in [-0.4, -0.2) is 11.3 Å². The first kappa shape index (κ1) is 8.53. The summed E-state index contributed by atoms with van der Waals surface area (Å²) in [5.41, 5.74) is 1.68. The van der Waals surface area contributed by atoms with Crippen molar-refractivity contribution in [3.8, 4) is 5.75 Å². The average Bonchev–Trinajstić information content (AvgIpc) is 2.05. The van der Waals surface area contributed by atoms with Gasteiger partial charge in [-0.15, -0.1) is 0 Å². The lowest BCUT2D eigenvalue weighted by Crippen LogP contribution is -1.84. The zero-order valence-corrected chi connectivity index (χ0v) is 6.91. The molecule has 1 aromatic rings. The summed E-state index contributed by atoms with van der Waals surface area (Å²) in [5.74, 6) is 0.230. The predicted octanol–water partition coefficient (Wildman–Crippen LogP) is 2.42. The van der Waals surface area contributed by atoms with Crippen LogP contribution in [0, 0.1) is 5.41 Å². The molecule has 0 fully saturated rings. The van der Waals surface area contributed by atoms with E-state index in [1.54, 1.807) is 18.2 Å². The molecule has 0 unspecified atom stereocenters. The van der Waals surface area contributed by atoms with E-state index in [0.29, 0.717) is 0 Å². The number of rotatable bonds is 2. The van der Waals surface area contributed by atoms with E-state index in [2.05, 4.69) is 0 Å². The molecule has 2 nitrogen and oxygen atoms in total. The summed E-state index contributed by atoms with van der Waals surface area (Å²) < 4.78 is 0. The third-order valence-electron chi connectivity index (χ3n) is 1.57. The minimum Gasteiger partial charge on any atom is -0.508 e. The Hall–Kier alpha value is -1.57. The number of hydrogen-bond acceptors (Lipinski definition) is 2. The van der Waals surface area contributed by atoms with Crippen LogP contribution in [0.3, 0.4) is 0 Å². The van der Waals surface area contributed by atoms with E-state index in [0.717, 1.165) is 11.1 Å². The maximum atomic E-state index is 9.15. The van der Waals surface area contributed by atoms with Gasteiger partial charge in [0.15, 0.2) is 0 Å². The molecule has 0 saturated heterocycles. The second-order valence-corrected chi connectivity index (χ2v) is 2.46. The van der Waals surface area contributed by atoms with Gasteiger partial charge >= 0.3 is 0 Å². The summed E-state index contributed by atoms with van der Waals surface area (Å²) in [5, 5.41) is 16.2. The minimum absolute atomic E-state index is 0.230. The number of allylic oxidation sites excluding steroid dienone is 1. The molecular weight excluding hydrogens is 150 g/mol. The van der Waals surface area contributed by atoms with Crippen molar-refractivity contribution < 1.29 is 5.11 Å². The van der Waals surface area contributed by atoms with Gasteiger partial charge in [0, 0.05) is 6.21 Å². The Balaban J connectivity index is 3.20. The molecule has 1 rings (SSSR count). The molecule has 0 radical (unpaired) electrons. The highest BCUT2D eigenvalue weighted by Crippen LogP contribution is 2.16. The second kappa shape index (κ2) is 3.72. The highest BCUT2D eigenvalue weighted by atomic mass is 16.3. The maximum Gasteiger partial charge on any atom is 0.116 e. The Morgan fingerprint density at radius 1 is 1.33 bits per heavy atom. The van der Waals surface area contributed by atoms with Crippen LogP contribution in [0.5, 0.6) is 5.75 Å². The van der Waals surface area contributed by atoms with Gasteiger partial charge in [0.2, 0.25) is 0 Å². The number of aromatic hydroxyl groups is 1. The summed E-state index contributed by atoms with van der Waals surface area (Å²) in [6, 6.07) is 4.94. The fourth-order valence-corrected chi connectivity index (χ4v) is 1.02. The van der Waals surface area contributed by atoms with Crippen molar-refractivity contribution in [1.82, 2.24) is 0 Å². The Bertz CT molecular complexity index is 316. The predicted molar refractivity (Wildman–Crippen MR) is 50.7 cm³/mol. The first-order valence-electron chi connectivity index (χ1n) is 3.74. The molecule has 0 saturated carbocycles. The summed E-state index contributed by atoms with van der Waals surface area (Å²) in [6.07, 6.45) is 5.01. The Labute approximate surface area is 71.7 Å². The van der Waals surface area contributed by atoms with Crippen LogP contribution >= 0.6 is 0 Å². The highest BCUT2D eigenvalue weighted by molar-refractivity contribution is 5.83. The average molecular weight is 161 g/mol. The minimum atomic E-state index is 0.230. The second-order valence-electron chi connectivity index (χ2n) is 2.46. The van der Waals surface area contributed by atoms with E-state index >= 15 is 0 Å². The molecule has 0 aliphatic heterocycles. The molecule has 0 bridgehead atoms. The van der Waals surface area contributed by atoms with Crippen molar-refractivity contribution in [1.29, 1.82) is 5.41 Å². The van der Waals surface area contributed by atoms with Crippen LogP contribution in [-0.2, 0) is 0 Å². The van der Waals surface area contributed by atoms with E-state index < -0.39 is 0 Å². The number of hydrogen-bond donors (Lipinski definition) is 2. The van der Waals surface area contributed by atoms with E-state index in [1.807, 2.05) is 19.1 Å². The number of benzene rings is 1. The van der Waals surface area contributed by atoms with Gasteiger partial charge in [0.1, 0.15) is 5.75 Å². The van der Waals surface area contributed by atoms with Crippen molar-refractivity contribution in [3.05, 3.63) is 35.4 Å². The molecule has 0 amide bonds. The van der Waals surface area contributed by atoms with Gasteiger partial charge in [-0.25, -0.2) is 0 Å². The van der Waals surface area contributed by atoms with Gasteiger partial charge in [-0.1, -0.05) is 12.2 Å². The van der Waals surface area contributed by atoms with Crippen molar-refractivity contribution in [2.45, 2.75) is 6.92 Å². The standard InChI is InChI=1S/C10H11NO/c1-2-3-8-6-10(12)5-4-9(8)7-11/h2-7,11-12H,1H3/b3-2-,11-7?. The monoisotopic (exact) mass is 161 g/mol. The summed E-state index contributed by atoms with van der Waals surface area (Å²) in [6.45, 7) is 1.90. The molecule has 0 heterocycles. The number of phenolic OH excluding ortho intramolecular Hbond substituents is 1. The van der Waals surface area contributed by atoms with Crippen LogP contribution in [0.25, 0.3) is 6.08 Å². The summed E-state index contributed by atoms with van der Waals surface area (Å²) in [4.78, 5) is 0. The van der Waals surface area contributed by atoms with Crippen molar-refractivity contribution >= 4 is 12.3 Å². The largest absolute Gasteiger partial charge is 0.508 e. The third kappa shape index (κ3) is 1.72. The fraction of sp³-hybridized carbons (Fsp3) is 0.100. The Kier molecular flexibility index (Phi) is 2.64. The first-order chi connectivity index (χ1) is 5.77. The molecule has 12 heavy (non-hydrogen) atoms. The third-order valence-corrected chi connectivity index (χ3v) is 1.57. The first-order valence-corrected chi connectivity index (χ1v) is 3.74. The van der Waals surface area contributed by atoms with E-state index in [1.165, 1.54) is 6.21 Å². The molecule has 1 aromatic carbocycles. The van der Waals surface area contributed by atoms with E-state index in [-0.39, 0.29) is 5.75 Å². The molecule has 0 spiro atoms. The lowest BCUT2D eigenvalue weighted by molar-refractivity contribution is 0.475. The lowest BCUT2D eigenvalue weighted by atomic mass is 10.1.